The van der Waals surface area contributed by atoms with Gasteiger partial charge in [0.05, 0.1) is 18.3 Å². The van der Waals surface area contributed by atoms with Gasteiger partial charge in [0.1, 0.15) is 47.6 Å². The molecule has 0 amide bonds. The van der Waals surface area contributed by atoms with Crippen LogP contribution in [0.3, 0.4) is 0 Å². The first-order valence-corrected chi connectivity index (χ1v) is 11.6. The lowest BCUT2D eigenvalue weighted by atomic mass is 9.40. The lowest BCUT2D eigenvalue weighted by Crippen LogP contribution is -2.80. The third kappa shape index (κ3) is 3.23. The Balaban J connectivity index is 1.48. The van der Waals surface area contributed by atoms with Crippen molar-refractivity contribution in [2.75, 3.05) is 20.3 Å². The number of aliphatic hydroxyl groups excluding tert-OH is 4. The molecule has 4 bridgehead atoms. The number of esters is 2. The average molecular weight is 494 g/mol. The summed E-state index contributed by atoms with van der Waals surface area (Å²) < 4.78 is 29.0. The highest BCUT2D eigenvalue weighted by molar-refractivity contribution is 5.90. The third-order valence-corrected chi connectivity index (χ3v) is 8.35. The fraction of sp³-hybridized carbons (Fsp3) is 0.667. The van der Waals surface area contributed by atoms with Gasteiger partial charge in [0.25, 0.3) is 0 Å². The Labute approximate surface area is 201 Å². The molecule has 1 aromatic rings. The molecule has 2 saturated heterocycles. The van der Waals surface area contributed by atoms with E-state index < -0.39 is 71.8 Å². The van der Waals surface area contributed by atoms with Crippen LogP contribution in [0.4, 0.5) is 0 Å². The van der Waals surface area contributed by atoms with Gasteiger partial charge in [0.2, 0.25) is 0 Å². The molecule has 2 heterocycles. The van der Waals surface area contributed by atoms with Crippen LogP contribution < -0.4 is 0 Å². The van der Waals surface area contributed by atoms with Crippen molar-refractivity contribution in [2.24, 2.45) is 11.3 Å². The van der Waals surface area contributed by atoms with E-state index in [1.54, 1.807) is 37.3 Å². The van der Waals surface area contributed by atoms with Crippen molar-refractivity contribution in [1.82, 2.24) is 0 Å². The van der Waals surface area contributed by atoms with Crippen LogP contribution in [-0.4, -0.2) is 101 Å². The zero-order valence-electron chi connectivity index (χ0n) is 19.4. The van der Waals surface area contributed by atoms with Gasteiger partial charge in [-0.3, -0.25) is 4.79 Å². The van der Waals surface area contributed by atoms with Gasteiger partial charge in [-0.05, 0) is 25.5 Å². The van der Waals surface area contributed by atoms with Crippen LogP contribution in [0.2, 0.25) is 0 Å². The van der Waals surface area contributed by atoms with Crippen molar-refractivity contribution in [3.8, 4) is 0 Å². The molecule has 0 spiro atoms. The Morgan fingerprint density at radius 2 is 1.83 bits per heavy atom. The highest BCUT2D eigenvalue weighted by Crippen LogP contribution is 2.73. The number of methoxy groups -OCH3 is 1. The normalized spacial score (nSPS) is 46.0. The lowest BCUT2D eigenvalue weighted by Gasteiger charge is -2.66. The van der Waals surface area contributed by atoms with E-state index in [-0.39, 0.29) is 19.1 Å². The Bertz CT molecular complexity index is 985. The van der Waals surface area contributed by atoms with E-state index in [2.05, 4.69) is 0 Å². The minimum Gasteiger partial charge on any atom is -0.461 e. The number of rotatable bonds is 7. The molecular formula is C24H30O11. The van der Waals surface area contributed by atoms with Crippen LogP contribution in [-0.2, 0) is 28.5 Å². The maximum absolute atomic E-state index is 13.4. The van der Waals surface area contributed by atoms with E-state index in [1.807, 2.05) is 0 Å². The number of hydrogen-bond donors (Lipinski definition) is 4. The summed E-state index contributed by atoms with van der Waals surface area (Å²) in [4.78, 5) is 26.1. The van der Waals surface area contributed by atoms with Crippen LogP contribution in [0.1, 0.15) is 30.1 Å². The molecular weight excluding hydrogens is 464 g/mol. The molecule has 0 radical (unpaired) electrons. The van der Waals surface area contributed by atoms with E-state index >= 15 is 0 Å². The predicted octanol–water partition coefficient (Wildman–Crippen LogP) is -0.861. The van der Waals surface area contributed by atoms with Crippen molar-refractivity contribution >= 4 is 11.9 Å². The molecule has 10 atom stereocenters. The fourth-order valence-electron chi connectivity index (χ4n) is 6.41. The van der Waals surface area contributed by atoms with Crippen molar-refractivity contribution in [2.45, 2.75) is 67.8 Å². The van der Waals surface area contributed by atoms with Gasteiger partial charge in [-0.25, -0.2) is 4.79 Å². The van der Waals surface area contributed by atoms with Gasteiger partial charge in [-0.1, -0.05) is 18.2 Å². The second-order valence-corrected chi connectivity index (χ2v) is 9.96. The number of carbonyl (C=O) groups excluding carboxylic acids is 2. The van der Waals surface area contributed by atoms with Gasteiger partial charge < -0.3 is 44.1 Å². The SMILES string of the molecule is CO[C@@H]1C[C@]2(C)OC(=O)[C@@]3(COC(=O)c4ccccc4)[C@@H]1C[C@]32O[C@@H]1O[C@H](CO)[C@@H](O)[C@H](O)[C@H]1O. The fourth-order valence-corrected chi connectivity index (χ4v) is 6.41. The zero-order chi connectivity index (χ0) is 25.2. The van der Waals surface area contributed by atoms with Gasteiger partial charge >= 0.3 is 11.9 Å². The van der Waals surface area contributed by atoms with E-state index in [1.165, 1.54) is 7.11 Å². The summed E-state index contributed by atoms with van der Waals surface area (Å²) in [5.41, 5.74) is -3.71. The molecule has 4 N–H and O–H groups in total. The molecule has 6 rings (SSSR count). The average Bonchev–Trinajstić information content (AvgIpc) is 2.92. The summed E-state index contributed by atoms with van der Waals surface area (Å²) in [5.74, 6) is -1.63. The van der Waals surface area contributed by atoms with Crippen LogP contribution in [0.25, 0.3) is 0 Å². The highest BCUT2D eigenvalue weighted by Gasteiger charge is 2.88. The first-order valence-electron chi connectivity index (χ1n) is 11.6. The van der Waals surface area contributed by atoms with E-state index in [0.29, 0.717) is 12.0 Å². The highest BCUT2D eigenvalue weighted by atomic mass is 16.7. The Kier molecular flexibility index (Phi) is 5.95. The van der Waals surface area contributed by atoms with Gasteiger partial charge in [0.15, 0.2) is 6.29 Å². The summed E-state index contributed by atoms with van der Waals surface area (Å²) in [5, 5.41) is 40.5. The number of aliphatic hydroxyl groups is 4. The monoisotopic (exact) mass is 494 g/mol. The summed E-state index contributed by atoms with van der Waals surface area (Å²) in [6.45, 7) is 0.715. The first-order chi connectivity index (χ1) is 16.6. The third-order valence-electron chi connectivity index (χ3n) is 8.35. The molecule has 11 heteroatoms. The molecule has 192 valence electrons. The molecule has 35 heavy (non-hydrogen) atoms. The molecule has 3 aliphatic carbocycles. The summed E-state index contributed by atoms with van der Waals surface area (Å²) in [7, 11) is 1.53. The van der Waals surface area contributed by atoms with Gasteiger partial charge in [-0.15, -0.1) is 0 Å². The maximum atomic E-state index is 13.4. The quantitative estimate of drug-likeness (QED) is 0.349. The van der Waals surface area contributed by atoms with Crippen molar-refractivity contribution < 1.29 is 53.7 Å². The number of fused-ring (bicyclic) bond motifs is 1. The van der Waals surface area contributed by atoms with Gasteiger partial charge in [0, 0.05) is 19.4 Å². The maximum Gasteiger partial charge on any atom is 0.338 e. The second-order valence-electron chi connectivity index (χ2n) is 9.96. The Morgan fingerprint density at radius 1 is 1.11 bits per heavy atom. The summed E-state index contributed by atoms with van der Waals surface area (Å²) in [6.07, 6.45) is -7.33. The number of carbonyl (C=O) groups is 2. The van der Waals surface area contributed by atoms with Crippen molar-refractivity contribution in [3.63, 3.8) is 0 Å². The lowest BCUT2D eigenvalue weighted by molar-refractivity contribution is -0.395. The van der Waals surface area contributed by atoms with Crippen molar-refractivity contribution in [3.05, 3.63) is 35.9 Å². The van der Waals surface area contributed by atoms with Crippen LogP contribution >= 0.6 is 0 Å². The summed E-state index contributed by atoms with van der Waals surface area (Å²) in [6, 6.07) is 8.34. The number of hydrogen-bond acceptors (Lipinski definition) is 11. The number of ether oxygens (including phenoxy) is 5. The Morgan fingerprint density at radius 3 is 2.49 bits per heavy atom. The molecule has 3 saturated carbocycles. The smallest absolute Gasteiger partial charge is 0.338 e. The van der Waals surface area contributed by atoms with Gasteiger partial charge in [-0.2, -0.15) is 0 Å². The van der Waals surface area contributed by atoms with Crippen LogP contribution in [0, 0.1) is 11.3 Å². The minimum absolute atomic E-state index is 0.283. The Hall–Kier alpha value is -2.12. The minimum atomic E-state index is -1.66. The zero-order valence-corrected chi connectivity index (χ0v) is 19.4. The van der Waals surface area contributed by atoms with Crippen LogP contribution in [0.5, 0.6) is 0 Å². The topological polar surface area (TPSA) is 161 Å². The first kappa shape index (κ1) is 24.6. The molecule has 11 nitrogen and oxygen atoms in total. The second kappa shape index (κ2) is 8.48. The van der Waals surface area contributed by atoms with Crippen molar-refractivity contribution in [1.29, 1.82) is 0 Å². The molecule has 0 unspecified atom stereocenters. The van der Waals surface area contributed by atoms with E-state index in [0.717, 1.165) is 0 Å². The van der Waals surface area contributed by atoms with E-state index in [4.69, 9.17) is 23.7 Å². The molecule has 1 aromatic carbocycles. The molecule has 0 aromatic heterocycles. The molecule has 5 aliphatic rings. The van der Waals surface area contributed by atoms with E-state index in [9.17, 15) is 30.0 Å². The largest absolute Gasteiger partial charge is 0.461 e. The van der Waals surface area contributed by atoms with Crippen LogP contribution in [0.15, 0.2) is 30.3 Å². The predicted molar refractivity (Wildman–Crippen MR) is 115 cm³/mol. The number of benzene rings is 1. The summed E-state index contributed by atoms with van der Waals surface area (Å²) >= 11 is 0. The molecule has 2 aliphatic heterocycles. The molecule has 5 fully saturated rings. The standard InChI is InChI=1S/C24H30O11/c1-22-9-14(31-2)13-8-24(22,34-20-18(28)17(27)16(26)15(10-25)33-20)23(13,21(30)35-22)11-32-19(29)12-6-4-3-5-7-12/h3-7,13-18,20,25-28H,8-11H2,1-2H3/t13-,14-,15-,16-,17+,18-,20+,22+,23-,24-/m1/s1.